The minimum atomic E-state index is -0.314. The number of hydrogen-bond donors (Lipinski definition) is 0. The molecule has 0 amide bonds. The Balaban J connectivity index is 2.06. The van der Waals surface area contributed by atoms with E-state index in [1.54, 1.807) is 6.92 Å². The van der Waals surface area contributed by atoms with Gasteiger partial charge in [-0.2, -0.15) is 0 Å². The molecule has 4 heteroatoms. The van der Waals surface area contributed by atoms with Crippen molar-refractivity contribution in [1.82, 2.24) is 0 Å². The minimum absolute atomic E-state index is 0.0267. The average molecular weight is 364 g/mol. The summed E-state index contributed by atoms with van der Waals surface area (Å²) in [6.07, 6.45) is 8.34. The second-order valence-electron chi connectivity index (χ2n) is 9.67. The molecule has 2 aliphatic rings. The number of ether oxygens (including phenoxy) is 1. The fourth-order valence-corrected chi connectivity index (χ4v) is 5.64. The van der Waals surface area contributed by atoms with Crippen LogP contribution in [0.1, 0.15) is 73.1 Å². The third-order valence-electron chi connectivity index (χ3n) is 5.97. The molecule has 148 valence electrons. The summed E-state index contributed by atoms with van der Waals surface area (Å²) in [6.45, 7) is 16.2. The SMILES string of the molecule is C=C(C)C(=O)OCCCC1=CC(C)(C)C([N+]2([O-])CCCCC2)C(C)(C)C1. The van der Waals surface area contributed by atoms with Crippen molar-refractivity contribution < 1.29 is 14.2 Å². The first-order chi connectivity index (χ1) is 12.0. The minimum Gasteiger partial charge on any atom is -0.633 e. The Morgan fingerprint density at radius 3 is 2.42 bits per heavy atom. The number of allylic oxidation sites excluding steroid dienone is 1. The molecule has 0 aromatic heterocycles. The highest BCUT2D eigenvalue weighted by atomic mass is 16.5. The average Bonchev–Trinajstić information content (AvgIpc) is 2.49. The molecule has 1 saturated heterocycles. The highest BCUT2D eigenvalue weighted by molar-refractivity contribution is 5.86. The van der Waals surface area contributed by atoms with E-state index in [9.17, 15) is 10.0 Å². The predicted octanol–water partition coefficient (Wildman–Crippen LogP) is 5.14. The van der Waals surface area contributed by atoms with E-state index < -0.39 is 0 Å². The molecule has 0 N–H and O–H groups in total. The Morgan fingerprint density at radius 1 is 1.27 bits per heavy atom. The Labute approximate surface area is 159 Å². The van der Waals surface area contributed by atoms with Crippen molar-refractivity contribution in [3.63, 3.8) is 0 Å². The predicted molar refractivity (Wildman–Crippen MR) is 106 cm³/mol. The zero-order valence-electron chi connectivity index (χ0n) is 17.4. The van der Waals surface area contributed by atoms with Crippen LogP contribution in [0, 0.1) is 16.0 Å². The van der Waals surface area contributed by atoms with E-state index in [0.717, 1.165) is 45.2 Å². The lowest BCUT2D eigenvalue weighted by Gasteiger charge is -2.61. The largest absolute Gasteiger partial charge is 0.633 e. The van der Waals surface area contributed by atoms with E-state index in [2.05, 4.69) is 40.3 Å². The molecule has 4 nitrogen and oxygen atoms in total. The molecular formula is C22H37NO3. The first-order valence-electron chi connectivity index (χ1n) is 10.1. The molecule has 0 aromatic carbocycles. The molecule has 1 heterocycles. The Kier molecular flexibility index (Phi) is 6.40. The van der Waals surface area contributed by atoms with Crippen LogP contribution >= 0.6 is 0 Å². The molecule has 0 aromatic rings. The molecule has 0 radical (unpaired) electrons. The van der Waals surface area contributed by atoms with Gasteiger partial charge in [0.15, 0.2) is 0 Å². The number of rotatable bonds is 6. The lowest BCUT2D eigenvalue weighted by atomic mass is 9.61. The van der Waals surface area contributed by atoms with E-state index >= 15 is 0 Å². The van der Waals surface area contributed by atoms with Crippen molar-refractivity contribution in [2.24, 2.45) is 10.8 Å². The van der Waals surface area contributed by atoms with Crippen molar-refractivity contribution in [2.45, 2.75) is 79.2 Å². The van der Waals surface area contributed by atoms with Gasteiger partial charge >= 0.3 is 5.97 Å². The van der Waals surface area contributed by atoms with E-state index in [0.29, 0.717) is 12.2 Å². The molecule has 26 heavy (non-hydrogen) atoms. The van der Waals surface area contributed by atoms with Crippen molar-refractivity contribution in [2.75, 3.05) is 19.7 Å². The van der Waals surface area contributed by atoms with Gasteiger partial charge in [0.2, 0.25) is 0 Å². The number of esters is 1. The van der Waals surface area contributed by atoms with Gasteiger partial charge in [0.1, 0.15) is 6.04 Å². The molecule has 0 bridgehead atoms. The fraction of sp³-hybridized carbons (Fsp3) is 0.773. The molecule has 0 saturated carbocycles. The summed E-state index contributed by atoms with van der Waals surface area (Å²) in [5, 5.41) is 13.7. The molecule has 1 unspecified atom stereocenters. The van der Waals surface area contributed by atoms with Crippen molar-refractivity contribution >= 4 is 5.97 Å². The normalized spacial score (nSPS) is 26.7. The molecule has 1 aliphatic carbocycles. The summed E-state index contributed by atoms with van der Waals surface area (Å²) in [5.74, 6) is -0.314. The van der Waals surface area contributed by atoms with Gasteiger partial charge in [0, 0.05) is 16.4 Å². The van der Waals surface area contributed by atoms with Crippen LogP contribution in [0.4, 0.5) is 0 Å². The van der Waals surface area contributed by atoms with E-state index in [1.807, 2.05) is 0 Å². The van der Waals surface area contributed by atoms with Gasteiger partial charge in [0.05, 0.1) is 19.7 Å². The van der Waals surface area contributed by atoms with E-state index in [1.165, 1.54) is 12.0 Å². The van der Waals surface area contributed by atoms with Crippen molar-refractivity contribution in [3.05, 3.63) is 29.0 Å². The Bertz CT molecular complexity index is 568. The van der Waals surface area contributed by atoms with Crippen molar-refractivity contribution in [1.29, 1.82) is 0 Å². The Hall–Kier alpha value is -1.13. The number of hydrogen-bond acceptors (Lipinski definition) is 3. The molecule has 1 fully saturated rings. The van der Waals surface area contributed by atoms with Gasteiger partial charge in [-0.05, 0) is 45.4 Å². The zero-order chi connectivity index (χ0) is 19.6. The van der Waals surface area contributed by atoms with Crippen LogP contribution in [0.25, 0.3) is 0 Å². The number of nitrogens with zero attached hydrogens (tertiary/aromatic N) is 1. The summed E-state index contributed by atoms with van der Waals surface area (Å²) in [7, 11) is 0. The first kappa shape index (κ1) is 21.2. The maximum atomic E-state index is 13.7. The van der Waals surface area contributed by atoms with Gasteiger partial charge in [-0.1, -0.05) is 45.9 Å². The van der Waals surface area contributed by atoms with Crippen LogP contribution in [0.15, 0.2) is 23.8 Å². The monoisotopic (exact) mass is 363 g/mol. The maximum Gasteiger partial charge on any atom is 0.333 e. The second-order valence-corrected chi connectivity index (χ2v) is 9.67. The lowest BCUT2D eigenvalue weighted by molar-refractivity contribution is -0.924. The number of hydroxylamine groups is 3. The highest BCUT2D eigenvalue weighted by Crippen LogP contribution is 2.51. The van der Waals surface area contributed by atoms with Crippen LogP contribution in [-0.4, -0.2) is 36.4 Å². The molecular weight excluding hydrogens is 326 g/mol. The standard InChI is InChI=1S/C22H37NO3/c1-17(2)19(24)26-14-10-11-18-15-21(3,4)20(22(5,6)16-18)23(25)12-8-7-9-13-23/h15,20H,1,7-14,16H2,2-6H3. The zero-order valence-corrected chi connectivity index (χ0v) is 17.4. The third-order valence-corrected chi connectivity index (χ3v) is 5.97. The van der Waals surface area contributed by atoms with Crippen LogP contribution < -0.4 is 0 Å². The third kappa shape index (κ3) is 4.77. The van der Waals surface area contributed by atoms with Gasteiger partial charge in [-0.3, -0.25) is 0 Å². The number of quaternary nitrogens is 1. The highest BCUT2D eigenvalue weighted by Gasteiger charge is 2.52. The van der Waals surface area contributed by atoms with Gasteiger partial charge < -0.3 is 14.6 Å². The molecule has 1 atom stereocenters. The summed E-state index contributed by atoms with van der Waals surface area (Å²) < 4.78 is 5.18. The summed E-state index contributed by atoms with van der Waals surface area (Å²) in [5.41, 5.74) is 1.69. The number of likely N-dealkylation sites (tertiary alicyclic amines) is 1. The quantitative estimate of drug-likeness (QED) is 0.164. The lowest BCUT2D eigenvalue weighted by Crippen LogP contribution is -2.65. The first-order valence-corrected chi connectivity index (χ1v) is 10.1. The van der Waals surface area contributed by atoms with Crippen molar-refractivity contribution in [3.8, 4) is 0 Å². The second kappa shape index (κ2) is 7.85. The Morgan fingerprint density at radius 2 is 1.88 bits per heavy atom. The fourth-order valence-electron chi connectivity index (χ4n) is 5.64. The summed E-state index contributed by atoms with van der Waals surface area (Å²) >= 11 is 0. The van der Waals surface area contributed by atoms with Crippen LogP contribution in [0.3, 0.4) is 0 Å². The number of carbonyl (C=O) groups excluding carboxylic acids is 1. The van der Waals surface area contributed by atoms with Crippen LogP contribution in [-0.2, 0) is 9.53 Å². The van der Waals surface area contributed by atoms with E-state index in [-0.39, 0.29) is 27.5 Å². The number of carbonyl (C=O) groups is 1. The van der Waals surface area contributed by atoms with Crippen LogP contribution in [0.2, 0.25) is 0 Å². The van der Waals surface area contributed by atoms with Gasteiger partial charge in [-0.25, -0.2) is 4.79 Å². The summed E-state index contributed by atoms with van der Waals surface area (Å²) in [6, 6.07) is 0.0975. The maximum absolute atomic E-state index is 13.7. The smallest absolute Gasteiger partial charge is 0.333 e. The number of piperidine rings is 1. The van der Waals surface area contributed by atoms with Crippen LogP contribution in [0.5, 0.6) is 0 Å². The van der Waals surface area contributed by atoms with Gasteiger partial charge in [0.25, 0.3) is 0 Å². The topological polar surface area (TPSA) is 49.4 Å². The summed E-state index contributed by atoms with van der Waals surface area (Å²) in [4.78, 5) is 11.5. The van der Waals surface area contributed by atoms with E-state index in [4.69, 9.17) is 4.74 Å². The molecule has 2 rings (SSSR count). The molecule has 0 spiro atoms. The van der Waals surface area contributed by atoms with Gasteiger partial charge in [-0.15, -0.1) is 0 Å². The molecule has 1 aliphatic heterocycles.